The fourth-order valence-corrected chi connectivity index (χ4v) is 3.55. The van der Waals surface area contributed by atoms with Crippen molar-refractivity contribution < 1.29 is 9.84 Å². The monoisotopic (exact) mass is 261 g/mol. The predicted molar refractivity (Wildman–Crippen MR) is 75.1 cm³/mol. The number of likely N-dealkylation sites (tertiary alicyclic amines) is 1. The normalized spacial score (nSPS) is 32.0. The second-order valence-electron chi connectivity index (χ2n) is 5.74. The van der Waals surface area contributed by atoms with Gasteiger partial charge in [0.15, 0.2) is 0 Å². The number of nitrogens with zero attached hydrogens (tertiary/aromatic N) is 1. The van der Waals surface area contributed by atoms with Gasteiger partial charge in [-0.2, -0.15) is 0 Å². The minimum Gasteiger partial charge on any atom is -0.387 e. The maximum absolute atomic E-state index is 10.7. The molecule has 3 atom stereocenters. The molecule has 1 aromatic carbocycles. The maximum Gasteiger partial charge on any atom is 0.0947 e. The molecule has 1 aromatic rings. The Hall–Kier alpha value is -0.900. The Morgan fingerprint density at radius 1 is 1.26 bits per heavy atom. The van der Waals surface area contributed by atoms with Crippen LogP contribution >= 0.6 is 0 Å². The van der Waals surface area contributed by atoms with Crippen LogP contribution in [-0.2, 0) is 11.2 Å². The van der Waals surface area contributed by atoms with Crippen LogP contribution in [0.5, 0.6) is 0 Å². The number of fused-ring (bicyclic) bond motifs is 1. The molecule has 19 heavy (non-hydrogen) atoms. The number of aryl methyl sites for hydroxylation is 1. The molecule has 3 unspecified atom stereocenters. The lowest BCUT2D eigenvalue weighted by atomic mass is 9.98. The van der Waals surface area contributed by atoms with Crippen molar-refractivity contribution in [2.75, 3.05) is 20.2 Å². The van der Waals surface area contributed by atoms with Crippen LogP contribution in [0.15, 0.2) is 24.3 Å². The second kappa shape index (κ2) is 5.61. The van der Waals surface area contributed by atoms with Crippen molar-refractivity contribution in [1.29, 1.82) is 0 Å². The standard InChI is InChI=1S/C16H23NO2/c1-19-13-9-10-17(11-13)15-8-4-6-12-5-2-3-7-14(12)16(15)18/h2-3,5,7,13,15-16,18H,4,6,8-11H2,1H3. The van der Waals surface area contributed by atoms with E-state index < -0.39 is 0 Å². The molecule has 1 aliphatic heterocycles. The molecule has 1 fully saturated rings. The number of hydrogen-bond acceptors (Lipinski definition) is 3. The largest absolute Gasteiger partial charge is 0.387 e. The Morgan fingerprint density at radius 3 is 2.89 bits per heavy atom. The van der Waals surface area contributed by atoms with Gasteiger partial charge in [-0.3, -0.25) is 4.90 Å². The number of hydrogen-bond donors (Lipinski definition) is 1. The Kier molecular flexibility index (Phi) is 3.87. The molecule has 0 amide bonds. The third kappa shape index (κ3) is 2.55. The lowest BCUT2D eigenvalue weighted by Crippen LogP contribution is -2.38. The number of ether oxygens (including phenoxy) is 1. The average Bonchev–Trinajstić information content (AvgIpc) is 2.85. The molecule has 3 nitrogen and oxygen atoms in total. The van der Waals surface area contributed by atoms with Crippen LogP contribution < -0.4 is 0 Å². The molecule has 3 rings (SSSR count). The van der Waals surface area contributed by atoms with E-state index in [-0.39, 0.29) is 12.1 Å². The summed E-state index contributed by atoms with van der Waals surface area (Å²) in [5.74, 6) is 0. The lowest BCUT2D eigenvalue weighted by Gasteiger charge is -2.31. The molecule has 1 heterocycles. The first-order chi connectivity index (χ1) is 9.29. The molecule has 1 aliphatic carbocycles. The van der Waals surface area contributed by atoms with Gasteiger partial charge in [0.1, 0.15) is 0 Å². The highest BCUT2D eigenvalue weighted by atomic mass is 16.5. The van der Waals surface area contributed by atoms with E-state index in [2.05, 4.69) is 23.1 Å². The van der Waals surface area contributed by atoms with E-state index in [4.69, 9.17) is 4.74 Å². The first-order valence-corrected chi connectivity index (χ1v) is 7.32. The van der Waals surface area contributed by atoms with E-state index in [1.54, 1.807) is 7.11 Å². The number of aliphatic hydroxyl groups is 1. The first-order valence-electron chi connectivity index (χ1n) is 7.32. The summed E-state index contributed by atoms with van der Waals surface area (Å²) < 4.78 is 5.44. The van der Waals surface area contributed by atoms with Crippen LogP contribution in [0.3, 0.4) is 0 Å². The SMILES string of the molecule is COC1CCN(C2CCCc3ccccc3C2O)C1. The third-order valence-corrected chi connectivity index (χ3v) is 4.66. The van der Waals surface area contributed by atoms with Gasteiger partial charge in [0.25, 0.3) is 0 Å². The van der Waals surface area contributed by atoms with Crippen molar-refractivity contribution in [3.8, 4) is 0 Å². The van der Waals surface area contributed by atoms with Gasteiger partial charge in [0, 0.05) is 26.2 Å². The van der Waals surface area contributed by atoms with Gasteiger partial charge in [0.05, 0.1) is 12.2 Å². The predicted octanol–water partition coefficient (Wildman–Crippen LogP) is 2.15. The highest BCUT2D eigenvalue weighted by molar-refractivity contribution is 5.31. The number of methoxy groups -OCH3 is 1. The third-order valence-electron chi connectivity index (χ3n) is 4.66. The van der Waals surface area contributed by atoms with Crippen LogP contribution in [0.4, 0.5) is 0 Å². The van der Waals surface area contributed by atoms with Crippen molar-refractivity contribution in [1.82, 2.24) is 4.90 Å². The quantitative estimate of drug-likeness (QED) is 0.828. The molecule has 0 bridgehead atoms. The lowest BCUT2D eigenvalue weighted by molar-refractivity contribution is 0.0431. The molecule has 1 saturated heterocycles. The summed E-state index contributed by atoms with van der Waals surface area (Å²) in [6, 6.07) is 8.60. The van der Waals surface area contributed by atoms with Gasteiger partial charge in [-0.1, -0.05) is 24.3 Å². The molecule has 3 heteroatoms. The minimum absolute atomic E-state index is 0.254. The van der Waals surface area contributed by atoms with E-state index >= 15 is 0 Å². The van der Waals surface area contributed by atoms with Crippen molar-refractivity contribution >= 4 is 0 Å². The molecular formula is C16H23NO2. The first kappa shape index (κ1) is 13.1. The van der Waals surface area contributed by atoms with Crippen LogP contribution in [-0.4, -0.2) is 42.4 Å². The summed E-state index contributed by atoms with van der Waals surface area (Å²) in [7, 11) is 1.78. The van der Waals surface area contributed by atoms with Gasteiger partial charge in [0.2, 0.25) is 0 Å². The van der Waals surface area contributed by atoms with Gasteiger partial charge < -0.3 is 9.84 Å². The van der Waals surface area contributed by atoms with E-state index in [9.17, 15) is 5.11 Å². The highest BCUT2D eigenvalue weighted by Gasteiger charge is 2.34. The van der Waals surface area contributed by atoms with Crippen molar-refractivity contribution in [3.63, 3.8) is 0 Å². The molecule has 0 radical (unpaired) electrons. The van der Waals surface area contributed by atoms with Gasteiger partial charge >= 0.3 is 0 Å². The van der Waals surface area contributed by atoms with E-state index in [0.29, 0.717) is 6.10 Å². The van der Waals surface area contributed by atoms with Crippen LogP contribution in [0.1, 0.15) is 36.5 Å². The molecule has 2 aliphatic rings. The second-order valence-corrected chi connectivity index (χ2v) is 5.74. The van der Waals surface area contributed by atoms with Gasteiger partial charge in [-0.05, 0) is 36.8 Å². The highest BCUT2D eigenvalue weighted by Crippen LogP contribution is 2.33. The Labute approximate surface area is 115 Å². The molecule has 104 valence electrons. The van der Waals surface area contributed by atoms with Gasteiger partial charge in [-0.25, -0.2) is 0 Å². The van der Waals surface area contributed by atoms with E-state index in [1.165, 1.54) is 5.56 Å². The summed E-state index contributed by atoms with van der Waals surface area (Å²) >= 11 is 0. The minimum atomic E-state index is -0.352. The zero-order valence-electron chi connectivity index (χ0n) is 11.6. The molecule has 0 spiro atoms. The number of benzene rings is 1. The van der Waals surface area contributed by atoms with E-state index in [1.807, 2.05) is 6.07 Å². The Balaban J connectivity index is 1.80. The average molecular weight is 261 g/mol. The summed E-state index contributed by atoms with van der Waals surface area (Å²) in [5, 5.41) is 10.7. The summed E-state index contributed by atoms with van der Waals surface area (Å²) in [6.45, 7) is 2.00. The fourth-order valence-electron chi connectivity index (χ4n) is 3.55. The van der Waals surface area contributed by atoms with Crippen LogP contribution in [0.2, 0.25) is 0 Å². The maximum atomic E-state index is 10.7. The van der Waals surface area contributed by atoms with Crippen LogP contribution in [0.25, 0.3) is 0 Å². The zero-order valence-corrected chi connectivity index (χ0v) is 11.6. The fraction of sp³-hybridized carbons (Fsp3) is 0.625. The zero-order chi connectivity index (χ0) is 13.2. The topological polar surface area (TPSA) is 32.7 Å². The van der Waals surface area contributed by atoms with Crippen molar-refractivity contribution in [2.24, 2.45) is 0 Å². The summed E-state index contributed by atoms with van der Waals surface area (Å²) in [4.78, 5) is 2.42. The summed E-state index contributed by atoms with van der Waals surface area (Å²) in [5.41, 5.74) is 2.45. The van der Waals surface area contributed by atoms with E-state index in [0.717, 1.165) is 44.3 Å². The smallest absolute Gasteiger partial charge is 0.0947 e. The van der Waals surface area contributed by atoms with Crippen molar-refractivity contribution in [3.05, 3.63) is 35.4 Å². The molecule has 0 aromatic heterocycles. The van der Waals surface area contributed by atoms with Gasteiger partial charge in [-0.15, -0.1) is 0 Å². The Bertz CT molecular complexity index is 435. The van der Waals surface area contributed by atoms with Crippen LogP contribution in [0, 0.1) is 0 Å². The Morgan fingerprint density at radius 2 is 2.11 bits per heavy atom. The summed E-state index contributed by atoms with van der Waals surface area (Å²) in [6.07, 6.45) is 4.39. The number of aliphatic hydroxyl groups excluding tert-OH is 1. The number of rotatable bonds is 2. The molecule has 1 N–H and O–H groups in total. The molecule has 0 saturated carbocycles. The molecular weight excluding hydrogens is 238 g/mol. The van der Waals surface area contributed by atoms with Crippen molar-refractivity contribution in [2.45, 2.75) is 43.9 Å².